The van der Waals surface area contributed by atoms with E-state index in [0.29, 0.717) is 11.4 Å². The van der Waals surface area contributed by atoms with E-state index < -0.39 is 0 Å². The van der Waals surface area contributed by atoms with E-state index in [1.807, 2.05) is 85.1 Å². The Kier molecular flexibility index (Phi) is 5.72. The number of carbonyl (C=O) groups excluding carboxylic acids is 1. The Bertz CT molecular complexity index is 1190. The van der Waals surface area contributed by atoms with Gasteiger partial charge in [-0.1, -0.05) is 29.5 Å². The van der Waals surface area contributed by atoms with Crippen molar-refractivity contribution in [3.8, 4) is 21.9 Å². The lowest BCUT2D eigenvalue weighted by molar-refractivity contribution is 0.262. The maximum Gasteiger partial charge on any atom is 0.323 e. The van der Waals surface area contributed by atoms with Crippen molar-refractivity contribution in [2.24, 2.45) is 0 Å². The Morgan fingerprint density at radius 1 is 0.844 bits per heavy atom. The molecule has 160 valence electrons. The van der Waals surface area contributed by atoms with Crippen LogP contribution >= 0.6 is 11.3 Å². The summed E-state index contributed by atoms with van der Waals surface area (Å²) in [6, 6.07) is 24.3. The van der Waals surface area contributed by atoms with Gasteiger partial charge in [-0.25, -0.2) is 9.78 Å². The molecule has 7 heteroatoms. The van der Waals surface area contributed by atoms with E-state index in [-0.39, 0.29) is 6.03 Å². The predicted octanol–water partition coefficient (Wildman–Crippen LogP) is 6.46. The molecule has 0 spiro atoms. The SMILES string of the molecule is O=C(Nc1ccccc1)Nc1ccc(Oc2ccc(-c3cnc(N4CCC4)s3)cc2)cc1. The maximum absolute atomic E-state index is 12.1. The Hall–Kier alpha value is -3.84. The normalized spacial score (nSPS) is 12.7. The van der Waals surface area contributed by atoms with Crippen molar-refractivity contribution in [2.45, 2.75) is 6.42 Å². The van der Waals surface area contributed by atoms with Gasteiger partial charge in [0.15, 0.2) is 5.13 Å². The molecule has 32 heavy (non-hydrogen) atoms. The highest BCUT2D eigenvalue weighted by molar-refractivity contribution is 7.18. The number of nitrogens with zero attached hydrogens (tertiary/aromatic N) is 2. The molecule has 2 amide bonds. The van der Waals surface area contributed by atoms with E-state index in [1.165, 1.54) is 6.42 Å². The minimum Gasteiger partial charge on any atom is -0.457 e. The van der Waals surface area contributed by atoms with Crippen LogP contribution in [0.1, 0.15) is 6.42 Å². The molecule has 5 rings (SSSR count). The highest BCUT2D eigenvalue weighted by Crippen LogP contribution is 2.34. The van der Waals surface area contributed by atoms with Crippen LogP contribution in [0, 0.1) is 0 Å². The van der Waals surface area contributed by atoms with Crippen LogP contribution in [0.2, 0.25) is 0 Å². The van der Waals surface area contributed by atoms with Crippen LogP contribution in [0.4, 0.5) is 21.3 Å². The summed E-state index contributed by atoms with van der Waals surface area (Å²) in [5.74, 6) is 1.45. The monoisotopic (exact) mass is 442 g/mol. The van der Waals surface area contributed by atoms with Crippen molar-refractivity contribution in [1.29, 1.82) is 0 Å². The van der Waals surface area contributed by atoms with Crippen LogP contribution in [0.15, 0.2) is 85.1 Å². The number of rotatable bonds is 6. The first-order valence-electron chi connectivity index (χ1n) is 10.5. The molecule has 0 saturated carbocycles. The molecule has 0 radical (unpaired) electrons. The van der Waals surface area contributed by atoms with Gasteiger partial charge in [0.05, 0.1) is 4.88 Å². The average molecular weight is 443 g/mol. The molecule has 3 aromatic carbocycles. The van der Waals surface area contributed by atoms with Gasteiger partial charge in [-0.05, 0) is 72.6 Å². The molecule has 1 fully saturated rings. The summed E-state index contributed by atoms with van der Waals surface area (Å²) < 4.78 is 5.95. The average Bonchev–Trinajstić information content (AvgIpc) is 3.24. The number of anilines is 3. The van der Waals surface area contributed by atoms with Gasteiger partial charge in [0.1, 0.15) is 11.5 Å². The number of amides is 2. The van der Waals surface area contributed by atoms with Crippen LogP contribution in [-0.4, -0.2) is 24.1 Å². The molecule has 1 aliphatic rings. The van der Waals surface area contributed by atoms with Crippen LogP contribution in [0.5, 0.6) is 11.5 Å². The summed E-state index contributed by atoms with van der Waals surface area (Å²) in [4.78, 5) is 20.1. The second-order valence-corrected chi connectivity index (χ2v) is 8.45. The van der Waals surface area contributed by atoms with Gasteiger partial charge in [-0.15, -0.1) is 0 Å². The fourth-order valence-corrected chi connectivity index (χ4v) is 4.27. The number of hydrogen-bond acceptors (Lipinski definition) is 5. The van der Waals surface area contributed by atoms with Crippen LogP contribution in [-0.2, 0) is 0 Å². The fourth-order valence-electron chi connectivity index (χ4n) is 3.30. The Morgan fingerprint density at radius 3 is 2.09 bits per heavy atom. The van der Waals surface area contributed by atoms with Gasteiger partial charge in [0, 0.05) is 30.7 Å². The Balaban J connectivity index is 1.17. The van der Waals surface area contributed by atoms with Crippen molar-refractivity contribution in [3.63, 3.8) is 0 Å². The quantitative estimate of drug-likeness (QED) is 0.360. The molecule has 6 nitrogen and oxygen atoms in total. The minimum atomic E-state index is -0.291. The second kappa shape index (κ2) is 9.11. The second-order valence-electron chi connectivity index (χ2n) is 7.44. The van der Waals surface area contributed by atoms with Crippen molar-refractivity contribution >= 4 is 33.9 Å². The van der Waals surface area contributed by atoms with Crippen molar-refractivity contribution in [3.05, 3.63) is 85.1 Å². The number of para-hydroxylation sites is 1. The highest BCUT2D eigenvalue weighted by atomic mass is 32.1. The number of ether oxygens (including phenoxy) is 1. The topological polar surface area (TPSA) is 66.5 Å². The molecule has 0 unspecified atom stereocenters. The largest absolute Gasteiger partial charge is 0.457 e. The standard InChI is InChI=1S/C25H22N4O2S/c30-24(27-19-5-2-1-3-6-19)28-20-9-13-22(14-10-20)31-21-11-7-18(8-12-21)23-17-26-25(32-23)29-15-4-16-29/h1-3,5-14,17H,4,15-16H2,(H2,27,28,30). The van der Waals surface area contributed by atoms with Gasteiger partial charge in [-0.3, -0.25) is 0 Å². The summed E-state index contributed by atoms with van der Waals surface area (Å²) in [7, 11) is 0. The van der Waals surface area contributed by atoms with E-state index >= 15 is 0 Å². The fraction of sp³-hybridized carbons (Fsp3) is 0.120. The molecule has 2 heterocycles. The zero-order valence-corrected chi connectivity index (χ0v) is 18.1. The Labute approximate surface area is 190 Å². The van der Waals surface area contributed by atoms with E-state index in [9.17, 15) is 4.79 Å². The van der Waals surface area contributed by atoms with Gasteiger partial charge in [0.2, 0.25) is 0 Å². The molecule has 1 aromatic heterocycles. The van der Waals surface area contributed by atoms with E-state index in [4.69, 9.17) is 4.74 Å². The third-order valence-electron chi connectivity index (χ3n) is 5.14. The highest BCUT2D eigenvalue weighted by Gasteiger charge is 2.18. The lowest BCUT2D eigenvalue weighted by atomic mass is 10.2. The smallest absolute Gasteiger partial charge is 0.323 e. The lowest BCUT2D eigenvalue weighted by Crippen LogP contribution is -2.36. The number of nitrogens with one attached hydrogen (secondary N) is 2. The number of carbonyl (C=O) groups is 1. The van der Waals surface area contributed by atoms with Crippen molar-refractivity contribution in [1.82, 2.24) is 4.98 Å². The molecule has 1 aliphatic heterocycles. The van der Waals surface area contributed by atoms with Crippen LogP contribution in [0.25, 0.3) is 10.4 Å². The molecule has 4 aromatic rings. The number of benzene rings is 3. The van der Waals surface area contributed by atoms with E-state index in [2.05, 4.69) is 20.5 Å². The maximum atomic E-state index is 12.1. The van der Waals surface area contributed by atoms with Gasteiger partial charge < -0.3 is 20.3 Å². The summed E-state index contributed by atoms with van der Waals surface area (Å²) in [5, 5.41) is 6.70. The summed E-state index contributed by atoms with van der Waals surface area (Å²) >= 11 is 1.72. The number of urea groups is 1. The molecule has 0 aliphatic carbocycles. The number of hydrogen-bond donors (Lipinski definition) is 2. The lowest BCUT2D eigenvalue weighted by Gasteiger charge is -2.30. The molecular formula is C25H22N4O2S. The van der Waals surface area contributed by atoms with Crippen LogP contribution in [0.3, 0.4) is 0 Å². The molecule has 0 bridgehead atoms. The third-order valence-corrected chi connectivity index (χ3v) is 6.25. The zero-order valence-electron chi connectivity index (χ0n) is 17.3. The summed E-state index contributed by atoms with van der Waals surface area (Å²) in [6.07, 6.45) is 3.19. The molecule has 1 saturated heterocycles. The number of thiazole rings is 1. The first-order chi connectivity index (χ1) is 15.7. The third kappa shape index (κ3) is 4.73. The van der Waals surface area contributed by atoms with Crippen molar-refractivity contribution in [2.75, 3.05) is 28.6 Å². The molecule has 2 N–H and O–H groups in total. The van der Waals surface area contributed by atoms with Gasteiger partial charge >= 0.3 is 6.03 Å². The number of aromatic nitrogens is 1. The summed E-state index contributed by atoms with van der Waals surface area (Å²) in [5.41, 5.74) is 2.55. The predicted molar refractivity (Wildman–Crippen MR) is 130 cm³/mol. The summed E-state index contributed by atoms with van der Waals surface area (Å²) in [6.45, 7) is 2.21. The zero-order chi connectivity index (χ0) is 21.8. The van der Waals surface area contributed by atoms with Gasteiger partial charge in [0.25, 0.3) is 0 Å². The first-order valence-corrected chi connectivity index (χ1v) is 11.3. The van der Waals surface area contributed by atoms with Crippen molar-refractivity contribution < 1.29 is 9.53 Å². The van der Waals surface area contributed by atoms with E-state index in [1.54, 1.807) is 11.3 Å². The Morgan fingerprint density at radius 2 is 1.47 bits per heavy atom. The first kappa shape index (κ1) is 20.1. The van der Waals surface area contributed by atoms with Crippen LogP contribution < -0.4 is 20.3 Å². The van der Waals surface area contributed by atoms with E-state index in [0.717, 1.165) is 40.1 Å². The minimum absolute atomic E-state index is 0.291. The molecule has 0 atom stereocenters. The van der Waals surface area contributed by atoms with Gasteiger partial charge in [-0.2, -0.15) is 0 Å². The molecular weight excluding hydrogens is 420 g/mol.